The molecule has 21 heavy (non-hydrogen) atoms. The minimum absolute atomic E-state index is 0.0973. The summed E-state index contributed by atoms with van der Waals surface area (Å²) >= 11 is 1.37. The number of fused-ring (bicyclic) bond motifs is 1. The minimum Gasteiger partial charge on any atom is -0.364 e. The summed E-state index contributed by atoms with van der Waals surface area (Å²) in [5.74, 6) is -0.634. The first-order valence-corrected chi connectivity index (χ1v) is 6.95. The Morgan fingerprint density at radius 1 is 1.24 bits per heavy atom. The zero-order valence-electron chi connectivity index (χ0n) is 10.9. The van der Waals surface area contributed by atoms with Crippen LogP contribution in [0.5, 0.6) is 0 Å². The average Bonchev–Trinajstić information content (AvgIpc) is 2.91. The number of pyridine rings is 1. The Labute approximate surface area is 124 Å². The predicted octanol–water partition coefficient (Wildman–Crippen LogP) is 1.99. The smallest absolute Gasteiger partial charge is 0.272 e. The second-order valence-electron chi connectivity index (χ2n) is 4.16. The van der Waals surface area contributed by atoms with E-state index in [1.54, 1.807) is 24.5 Å². The summed E-state index contributed by atoms with van der Waals surface area (Å²) in [7, 11) is 0. The molecule has 2 aromatic heterocycles. The van der Waals surface area contributed by atoms with Crippen LogP contribution < -0.4 is 11.2 Å². The van der Waals surface area contributed by atoms with Crippen LogP contribution in [0.1, 0.15) is 5.01 Å². The Balaban J connectivity index is 1.96. The van der Waals surface area contributed by atoms with E-state index in [1.807, 2.05) is 24.3 Å². The topological polar surface area (TPSA) is 93.3 Å². The quantitative estimate of drug-likeness (QED) is 0.569. The first-order chi connectivity index (χ1) is 10.2. The van der Waals surface area contributed by atoms with Gasteiger partial charge in [0.15, 0.2) is 10.7 Å². The van der Waals surface area contributed by atoms with Crippen molar-refractivity contribution in [3.63, 3.8) is 0 Å². The summed E-state index contributed by atoms with van der Waals surface area (Å²) in [5, 5.41) is 4.55. The van der Waals surface area contributed by atoms with Crippen LogP contribution in [0.15, 0.2) is 53.9 Å². The Morgan fingerprint density at radius 2 is 2.10 bits per heavy atom. The van der Waals surface area contributed by atoms with Crippen molar-refractivity contribution in [2.75, 3.05) is 5.43 Å². The van der Waals surface area contributed by atoms with Crippen molar-refractivity contribution >= 4 is 38.9 Å². The third-order valence-corrected chi connectivity index (χ3v) is 3.73. The standard InChI is InChI=1S/C14H11N5OS/c15-13(20)12(19-18-9-4-3-7-16-8-9)14-17-10-5-1-2-6-11(10)21-14/h1-8,18H,(H2,15,20). The number of hydrazone groups is 1. The predicted molar refractivity (Wildman–Crippen MR) is 83.2 cm³/mol. The van der Waals surface area contributed by atoms with Crippen LogP contribution in [0, 0.1) is 0 Å². The Kier molecular flexibility index (Phi) is 3.57. The second-order valence-corrected chi connectivity index (χ2v) is 5.20. The van der Waals surface area contributed by atoms with Gasteiger partial charge in [0.1, 0.15) is 0 Å². The molecule has 3 aromatic rings. The number of nitrogens with one attached hydrogen (secondary N) is 1. The van der Waals surface area contributed by atoms with Crippen molar-refractivity contribution in [3.8, 4) is 0 Å². The van der Waals surface area contributed by atoms with Gasteiger partial charge in [0.05, 0.1) is 22.1 Å². The molecule has 0 unspecified atom stereocenters. The van der Waals surface area contributed by atoms with Gasteiger partial charge in [-0.1, -0.05) is 12.1 Å². The van der Waals surface area contributed by atoms with Gasteiger partial charge in [0.25, 0.3) is 5.91 Å². The number of anilines is 1. The summed E-state index contributed by atoms with van der Waals surface area (Å²) in [6.45, 7) is 0. The molecule has 3 rings (SSSR count). The second kappa shape index (κ2) is 5.68. The van der Waals surface area contributed by atoms with Crippen molar-refractivity contribution in [1.82, 2.24) is 9.97 Å². The largest absolute Gasteiger partial charge is 0.364 e. The number of hydrogen-bond acceptors (Lipinski definition) is 6. The van der Waals surface area contributed by atoms with Gasteiger partial charge in [0.2, 0.25) is 0 Å². The molecule has 3 N–H and O–H groups in total. The molecule has 6 nitrogen and oxygen atoms in total. The SMILES string of the molecule is NC(=O)C(=NNc1cccnc1)c1nc2ccccc2s1. The highest BCUT2D eigenvalue weighted by Gasteiger charge is 2.15. The zero-order chi connectivity index (χ0) is 14.7. The fourth-order valence-electron chi connectivity index (χ4n) is 1.73. The molecule has 0 bridgehead atoms. The monoisotopic (exact) mass is 297 g/mol. The maximum Gasteiger partial charge on any atom is 0.272 e. The van der Waals surface area contributed by atoms with E-state index in [0.717, 1.165) is 10.2 Å². The maximum atomic E-state index is 11.6. The molecule has 0 saturated carbocycles. The fraction of sp³-hybridized carbons (Fsp3) is 0. The Hall–Kier alpha value is -2.80. The number of rotatable bonds is 4. The zero-order valence-corrected chi connectivity index (χ0v) is 11.7. The highest BCUT2D eigenvalue weighted by molar-refractivity contribution is 7.21. The molecule has 7 heteroatoms. The molecule has 1 amide bonds. The number of nitrogens with two attached hydrogens (primary N) is 1. The van der Waals surface area contributed by atoms with Gasteiger partial charge in [-0.3, -0.25) is 15.2 Å². The van der Waals surface area contributed by atoms with Crippen LogP contribution in [0.25, 0.3) is 10.2 Å². The Bertz CT molecular complexity index is 779. The van der Waals surface area contributed by atoms with Gasteiger partial charge >= 0.3 is 0 Å². The fourth-order valence-corrected chi connectivity index (χ4v) is 2.69. The van der Waals surface area contributed by atoms with Crippen LogP contribution in [-0.4, -0.2) is 21.6 Å². The summed E-state index contributed by atoms with van der Waals surface area (Å²) in [6, 6.07) is 11.2. The number of carbonyl (C=O) groups is 1. The summed E-state index contributed by atoms with van der Waals surface area (Å²) < 4.78 is 0.975. The lowest BCUT2D eigenvalue weighted by molar-refractivity contribution is -0.111. The molecule has 1 aromatic carbocycles. The molecule has 0 saturated heterocycles. The number of primary amides is 1. The minimum atomic E-state index is -0.634. The molecule has 0 atom stereocenters. The molecule has 2 heterocycles. The Morgan fingerprint density at radius 3 is 2.81 bits per heavy atom. The van der Waals surface area contributed by atoms with Gasteiger partial charge in [0, 0.05) is 6.20 Å². The van der Waals surface area contributed by atoms with Crippen LogP contribution >= 0.6 is 11.3 Å². The molecular weight excluding hydrogens is 286 g/mol. The van der Waals surface area contributed by atoms with Gasteiger partial charge in [-0.2, -0.15) is 5.10 Å². The number of aromatic nitrogens is 2. The van der Waals surface area contributed by atoms with Crippen molar-refractivity contribution in [2.24, 2.45) is 10.8 Å². The van der Waals surface area contributed by atoms with E-state index in [2.05, 4.69) is 20.5 Å². The van der Waals surface area contributed by atoms with E-state index >= 15 is 0 Å². The lowest BCUT2D eigenvalue weighted by atomic mass is 10.3. The van der Waals surface area contributed by atoms with Crippen molar-refractivity contribution in [2.45, 2.75) is 0 Å². The molecule has 104 valence electrons. The van der Waals surface area contributed by atoms with Gasteiger partial charge in [-0.15, -0.1) is 11.3 Å². The van der Waals surface area contributed by atoms with Gasteiger partial charge in [-0.05, 0) is 24.3 Å². The molecule has 0 aliphatic heterocycles. The van der Waals surface area contributed by atoms with Crippen molar-refractivity contribution in [3.05, 3.63) is 53.8 Å². The van der Waals surface area contributed by atoms with Gasteiger partial charge < -0.3 is 5.73 Å². The third kappa shape index (κ3) is 2.87. The van der Waals surface area contributed by atoms with E-state index < -0.39 is 5.91 Å². The first-order valence-electron chi connectivity index (χ1n) is 6.13. The van der Waals surface area contributed by atoms with E-state index in [9.17, 15) is 4.79 Å². The highest BCUT2D eigenvalue weighted by Crippen LogP contribution is 2.22. The molecule has 0 aliphatic carbocycles. The highest BCUT2D eigenvalue weighted by atomic mass is 32.1. The molecule has 0 spiro atoms. The molecule has 0 fully saturated rings. The van der Waals surface area contributed by atoms with Gasteiger partial charge in [-0.25, -0.2) is 4.98 Å². The van der Waals surface area contributed by atoms with Crippen molar-refractivity contribution in [1.29, 1.82) is 0 Å². The first kappa shape index (κ1) is 13.2. The lowest BCUT2D eigenvalue weighted by Crippen LogP contribution is -2.25. The van der Waals surface area contributed by atoms with Crippen LogP contribution in [-0.2, 0) is 4.79 Å². The number of hydrogen-bond donors (Lipinski definition) is 2. The lowest BCUT2D eigenvalue weighted by Gasteiger charge is -2.01. The van der Waals surface area contributed by atoms with Crippen LogP contribution in [0.2, 0.25) is 0 Å². The summed E-state index contributed by atoms with van der Waals surface area (Å²) in [6.07, 6.45) is 3.25. The number of nitrogens with zero attached hydrogens (tertiary/aromatic N) is 3. The van der Waals surface area contributed by atoms with Crippen LogP contribution in [0.4, 0.5) is 5.69 Å². The number of para-hydroxylation sites is 1. The maximum absolute atomic E-state index is 11.6. The average molecular weight is 297 g/mol. The number of benzene rings is 1. The van der Waals surface area contributed by atoms with E-state index in [4.69, 9.17) is 5.73 Å². The van der Waals surface area contributed by atoms with E-state index in [0.29, 0.717) is 10.7 Å². The number of carbonyl (C=O) groups excluding carboxylic acids is 1. The molecule has 0 radical (unpaired) electrons. The van der Waals surface area contributed by atoms with Crippen LogP contribution in [0.3, 0.4) is 0 Å². The molecule has 0 aliphatic rings. The van der Waals surface area contributed by atoms with E-state index in [-0.39, 0.29) is 5.71 Å². The normalized spacial score (nSPS) is 11.5. The summed E-state index contributed by atoms with van der Waals surface area (Å²) in [5.41, 5.74) is 9.73. The van der Waals surface area contributed by atoms with E-state index in [1.165, 1.54) is 11.3 Å². The third-order valence-electron chi connectivity index (χ3n) is 2.69. The molecular formula is C14H11N5OS. The number of thiazole rings is 1. The van der Waals surface area contributed by atoms with Crippen molar-refractivity contribution < 1.29 is 4.79 Å². The summed E-state index contributed by atoms with van der Waals surface area (Å²) in [4.78, 5) is 19.9. The number of amides is 1.